The number of nitrogen functional groups attached to an aromatic ring is 1. The van der Waals surface area contributed by atoms with Crippen LogP contribution in [0.5, 0.6) is 0 Å². The Bertz CT molecular complexity index is 804. The molecule has 0 aromatic heterocycles. The number of amides is 1. The fourth-order valence-corrected chi connectivity index (χ4v) is 4.52. The molecule has 0 saturated carbocycles. The topological polar surface area (TPSA) is 103 Å². The van der Waals surface area contributed by atoms with Crippen molar-refractivity contribution >= 4 is 37.4 Å². The molecule has 0 aliphatic carbocycles. The van der Waals surface area contributed by atoms with Crippen LogP contribution in [0.25, 0.3) is 0 Å². The van der Waals surface area contributed by atoms with Crippen LogP contribution in [0, 0.1) is 0 Å². The first-order valence-corrected chi connectivity index (χ1v) is 8.41. The summed E-state index contributed by atoms with van der Waals surface area (Å²) in [5.74, 6) is -0.966. The van der Waals surface area contributed by atoms with E-state index in [0.29, 0.717) is 15.7 Å². The number of sulfone groups is 1. The van der Waals surface area contributed by atoms with Crippen LogP contribution in [-0.4, -0.2) is 14.3 Å². The van der Waals surface area contributed by atoms with E-state index < -0.39 is 15.7 Å². The van der Waals surface area contributed by atoms with Gasteiger partial charge in [0.1, 0.15) is 0 Å². The average Bonchev–Trinajstić information content (AvgIpc) is 2.37. The Morgan fingerprint density at radius 3 is 2.43 bits per heavy atom. The molecule has 0 spiro atoms. The van der Waals surface area contributed by atoms with E-state index in [1.807, 2.05) is 0 Å². The third-order valence-corrected chi connectivity index (χ3v) is 5.56. The average molecular weight is 369 g/mol. The Morgan fingerprint density at radius 2 is 1.81 bits per heavy atom. The molecule has 2 aromatic carbocycles. The van der Waals surface area contributed by atoms with E-state index >= 15 is 0 Å². The highest BCUT2D eigenvalue weighted by molar-refractivity contribution is 9.10. The van der Waals surface area contributed by atoms with Crippen molar-refractivity contribution in [2.24, 2.45) is 5.73 Å². The van der Waals surface area contributed by atoms with Crippen LogP contribution in [-0.2, 0) is 15.6 Å². The lowest BCUT2D eigenvalue weighted by Crippen LogP contribution is -2.16. The van der Waals surface area contributed by atoms with Gasteiger partial charge >= 0.3 is 0 Å². The fourth-order valence-electron chi connectivity index (χ4n) is 1.94. The highest BCUT2D eigenvalue weighted by Crippen LogP contribution is 2.27. The van der Waals surface area contributed by atoms with E-state index in [1.165, 1.54) is 24.3 Å². The number of rotatable bonds is 4. The molecule has 4 N–H and O–H groups in total. The van der Waals surface area contributed by atoms with Gasteiger partial charge in [0.25, 0.3) is 0 Å². The number of carbonyl (C=O) groups excluding carboxylic acids is 1. The molecule has 0 bridgehead atoms. The lowest BCUT2D eigenvalue weighted by Gasteiger charge is -2.10. The molecule has 0 unspecified atom stereocenters. The van der Waals surface area contributed by atoms with Gasteiger partial charge in [0, 0.05) is 15.7 Å². The molecular weight excluding hydrogens is 356 g/mol. The molecule has 2 aromatic rings. The largest absolute Gasteiger partial charge is 0.399 e. The fraction of sp³-hybridized carbons (Fsp3) is 0.0714. The van der Waals surface area contributed by atoms with Gasteiger partial charge in [-0.15, -0.1) is 0 Å². The Balaban J connectivity index is 2.45. The van der Waals surface area contributed by atoms with Crippen molar-refractivity contribution in [3.8, 4) is 0 Å². The van der Waals surface area contributed by atoms with Crippen LogP contribution in [0.4, 0.5) is 5.69 Å². The summed E-state index contributed by atoms with van der Waals surface area (Å²) < 4.78 is 25.4. The molecule has 2 rings (SSSR count). The molecule has 1 amide bonds. The summed E-state index contributed by atoms with van der Waals surface area (Å²) in [6.45, 7) is 0. The van der Waals surface area contributed by atoms with Crippen LogP contribution in [0.2, 0.25) is 0 Å². The zero-order chi connectivity index (χ0) is 15.6. The number of hydrogen-bond donors (Lipinski definition) is 2. The monoisotopic (exact) mass is 368 g/mol. The van der Waals surface area contributed by atoms with Gasteiger partial charge in [-0.2, -0.15) is 0 Å². The first-order chi connectivity index (χ1) is 9.81. The van der Waals surface area contributed by atoms with Gasteiger partial charge in [-0.05, 0) is 45.8 Å². The van der Waals surface area contributed by atoms with Gasteiger partial charge in [-0.1, -0.05) is 18.2 Å². The van der Waals surface area contributed by atoms with Crippen LogP contribution in [0.15, 0.2) is 51.8 Å². The zero-order valence-electron chi connectivity index (χ0n) is 10.9. The van der Waals surface area contributed by atoms with Crippen molar-refractivity contribution in [1.29, 1.82) is 0 Å². The summed E-state index contributed by atoms with van der Waals surface area (Å²) in [6, 6.07) is 10.8. The van der Waals surface area contributed by atoms with Crippen LogP contribution in [0.3, 0.4) is 0 Å². The Hall–Kier alpha value is -1.86. The molecule has 0 fully saturated rings. The molecule has 0 atom stereocenters. The van der Waals surface area contributed by atoms with Gasteiger partial charge in [0.05, 0.1) is 10.6 Å². The van der Waals surface area contributed by atoms with Gasteiger partial charge in [-0.3, -0.25) is 4.79 Å². The van der Waals surface area contributed by atoms with E-state index in [0.717, 1.165) is 0 Å². The smallest absolute Gasteiger partial charge is 0.249 e. The van der Waals surface area contributed by atoms with E-state index in [1.54, 1.807) is 18.2 Å². The molecule has 0 heterocycles. The van der Waals surface area contributed by atoms with Crippen LogP contribution >= 0.6 is 15.9 Å². The van der Waals surface area contributed by atoms with Gasteiger partial charge in [0.15, 0.2) is 9.84 Å². The zero-order valence-corrected chi connectivity index (χ0v) is 13.3. The lowest BCUT2D eigenvalue weighted by atomic mass is 10.1. The summed E-state index contributed by atoms with van der Waals surface area (Å²) in [4.78, 5) is 11.5. The SMILES string of the molecule is NC(=O)c1ccccc1CS(=O)(=O)c1ccc(N)cc1Br. The predicted molar refractivity (Wildman–Crippen MR) is 84.4 cm³/mol. The Kier molecular flexibility index (Phi) is 4.34. The highest BCUT2D eigenvalue weighted by Gasteiger charge is 2.21. The van der Waals surface area contributed by atoms with Crippen molar-refractivity contribution in [3.63, 3.8) is 0 Å². The summed E-state index contributed by atoms with van der Waals surface area (Å²) in [7, 11) is -3.63. The number of hydrogen-bond acceptors (Lipinski definition) is 4. The molecular formula is C14H13BrN2O3S. The molecule has 0 aliphatic rings. The molecule has 0 saturated heterocycles. The van der Waals surface area contributed by atoms with Crippen molar-refractivity contribution in [3.05, 3.63) is 58.1 Å². The molecule has 5 nitrogen and oxygen atoms in total. The maximum atomic E-state index is 12.5. The number of halogens is 1. The molecule has 21 heavy (non-hydrogen) atoms. The first kappa shape index (κ1) is 15.5. The highest BCUT2D eigenvalue weighted by atomic mass is 79.9. The number of anilines is 1. The van der Waals surface area contributed by atoms with E-state index in [-0.39, 0.29) is 16.2 Å². The Labute approximate surface area is 131 Å². The van der Waals surface area contributed by atoms with Crippen molar-refractivity contribution < 1.29 is 13.2 Å². The second-order valence-electron chi connectivity index (χ2n) is 4.47. The lowest BCUT2D eigenvalue weighted by molar-refractivity contribution is 0.0999. The standard InChI is InChI=1S/C14H13BrN2O3S/c15-12-7-10(16)5-6-13(12)21(19,20)8-9-3-1-2-4-11(9)14(17)18/h1-7H,8,16H2,(H2,17,18). The second kappa shape index (κ2) is 5.87. The maximum Gasteiger partial charge on any atom is 0.249 e. The normalized spacial score (nSPS) is 11.3. The number of primary amides is 1. The third kappa shape index (κ3) is 3.43. The summed E-state index contributed by atoms with van der Waals surface area (Å²) in [6.07, 6.45) is 0. The van der Waals surface area contributed by atoms with E-state index in [2.05, 4.69) is 15.9 Å². The van der Waals surface area contributed by atoms with Gasteiger partial charge < -0.3 is 11.5 Å². The van der Waals surface area contributed by atoms with E-state index in [9.17, 15) is 13.2 Å². The first-order valence-electron chi connectivity index (χ1n) is 5.97. The van der Waals surface area contributed by atoms with E-state index in [4.69, 9.17) is 11.5 Å². The minimum absolute atomic E-state index is 0.121. The third-order valence-electron chi connectivity index (χ3n) is 2.92. The van der Waals surface area contributed by atoms with Crippen molar-refractivity contribution in [1.82, 2.24) is 0 Å². The minimum Gasteiger partial charge on any atom is -0.399 e. The predicted octanol–water partition coefficient (Wildman–Crippen LogP) is 2.10. The number of nitrogens with two attached hydrogens (primary N) is 2. The quantitative estimate of drug-likeness (QED) is 0.806. The molecule has 7 heteroatoms. The van der Waals surface area contributed by atoms with Crippen molar-refractivity contribution in [2.45, 2.75) is 10.6 Å². The Morgan fingerprint density at radius 1 is 1.14 bits per heavy atom. The second-order valence-corrected chi connectivity index (χ2v) is 7.28. The molecule has 0 radical (unpaired) electrons. The van der Waals surface area contributed by atoms with Crippen LogP contribution < -0.4 is 11.5 Å². The molecule has 110 valence electrons. The van der Waals surface area contributed by atoms with Gasteiger partial charge in [-0.25, -0.2) is 8.42 Å². The van der Waals surface area contributed by atoms with Crippen molar-refractivity contribution in [2.75, 3.05) is 5.73 Å². The summed E-state index contributed by atoms with van der Waals surface area (Å²) >= 11 is 3.19. The number of carbonyl (C=O) groups is 1. The maximum absolute atomic E-state index is 12.5. The molecule has 0 aliphatic heterocycles. The number of benzene rings is 2. The minimum atomic E-state index is -3.63. The van der Waals surface area contributed by atoms with Crippen LogP contribution in [0.1, 0.15) is 15.9 Å². The van der Waals surface area contributed by atoms with Gasteiger partial charge in [0.2, 0.25) is 5.91 Å². The summed E-state index contributed by atoms with van der Waals surface area (Å²) in [5, 5.41) is 0. The summed E-state index contributed by atoms with van der Waals surface area (Å²) in [5.41, 5.74) is 11.9.